The molecule has 0 radical (unpaired) electrons. The topological polar surface area (TPSA) is 47.3 Å². The maximum atomic E-state index is 11.7. The zero-order valence-corrected chi connectivity index (χ0v) is 9.77. The molecule has 0 unspecified atom stereocenters. The van der Waals surface area contributed by atoms with Crippen LogP contribution in [0.3, 0.4) is 0 Å². The van der Waals surface area contributed by atoms with Crippen molar-refractivity contribution in [3.8, 4) is 0 Å². The summed E-state index contributed by atoms with van der Waals surface area (Å²) in [6.45, 7) is 5.82. The van der Waals surface area contributed by atoms with Crippen molar-refractivity contribution in [2.45, 2.75) is 27.2 Å². The minimum Gasteiger partial charge on any atom is -0.299 e. The molecule has 0 saturated carbocycles. The minimum absolute atomic E-state index is 0.0547. The Bertz CT molecular complexity index is 528. The smallest absolute Gasteiger partial charge is 0.155 e. The van der Waals surface area contributed by atoms with Crippen molar-refractivity contribution >= 4 is 11.4 Å². The van der Waals surface area contributed by atoms with Crippen LogP contribution in [0.25, 0.3) is 5.65 Å². The number of carbonyl (C=O) groups is 1. The van der Waals surface area contributed by atoms with Crippen molar-refractivity contribution in [2.75, 3.05) is 0 Å². The Labute approximate surface area is 94.3 Å². The zero-order valence-electron chi connectivity index (χ0n) is 9.77. The van der Waals surface area contributed by atoms with E-state index in [1.807, 2.05) is 32.9 Å². The van der Waals surface area contributed by atoms with Crippen molar-refractivity contribution < 1.29 is 4.79 Å². The molecule has 0 atom stereocenters. The highest BCUT2D eigenvalue weighted by Gasteiger charge is 2.12. The van der Waals surface area contributed by atoms with Gasteiger partial charge in [-0.1, -0.05) is 13.8 Å². The van der Waals surface area contributed by atoms with Gasteiger partial charge in [0.1, 0.15) is 12.1 Å². The Kier molecular flexibility index (Phi) is 2.73. The van der Waals surface area contributed by atoms with Crippen LogP contribution in [0.4, 0.5) is 0 Å². The van der Waals surface area contributed by atoms with Crippen LogP contribution in [0.2, 0.25) is 0 Å². The Hall–Kier alpha value is -1.71. The van der Waals surface area contributed by atoms with Gasteiger partial charge in [-0.15, -0.1) is 0 Å². The van der Waals surface area contributed by atoms with E-state index in [9.17, 15) is 4.79 Å². The van der Waals surface area contributed by atoms with E-state index < -0.39 is 0 Å². The van der Waals surface area contributed by atoms with Gasteiger partial charge < -0.3 is 0 Å². The van der Waals surface area contributed by atoms with E-state index in [2.05, 4.69) is 10.1 Å². The molecule has 84 valence electrons. The number of Topliss-reactive ketones (excluding diaryl/α,β-unsaturated/α-hetero) is 1. The lowest BCUT2D eigenvalue weighted by atomic mass is 10.0. The molecule has 0 aliphatic rings. The van der Waals surface area contributed by atoms with Crippen LogP contribution in [-0.4, -0.2) is 20.4 Å². The van der Waals surface area contributed by atoms with Crippen molar-refractivity contribution in [3.63, 3.8) is 0 Å². The summed E-state index contributed by atoms with van der Waals surface area (Å²) in [5, 5.41) is 4.13. The molecule has 4 heteroatoms. The van der Waals surface area contributed by atoms with Gasteiger partial charge in [0.15, 0.2) is 5.65 Å². The molecule has 2 aromatic heterocycles. The summed E-state index contributed by atoms with van der Waals surface area (Å²) in [5.74, 6) is 0.279. The molecule has 0 amide bonds. The average molecular weight is 217 g/mol. The Morgan fingerprint density at radius 3 is 2.88 bits per heavy atom. The predicted octanol–water partition coefficient (Wildman–Crippen LogP) is 1.81. The number of rotatable bonds is 3. The van der Waals surface area contributed by atoms with Gasteiger partial charge in [0.25, 0.3) is 0 Å². The first kappa shape index (κ1) is 10.8. The first-order valence-electron chi connectivity index (χ1n) is 5.40. The molecule has 0 N–H and O–H groups in total. The second-order valence-corrected chi connectivity index (χ2v) is 4.35. The number of hydrogen-bond acceptors (Lipinski definition) is 3. The van der Waals surface area contributed by atoms with Crippen molar-refractivity contribution in [1.29, 1.82) is 0 Å². The highest BCUT2D eigenvalue weighted by Crippen LogP contribution is 2.11. The predicted molar refractivity (Wildman–Crippen MR) is 61.3 cm³/mol. The average Bonchev–Trinajstić information content (AvgIpc) is 2.65. The quantitative estimate of drug-likeness (QED) is 0.787. The Balaban J connectivity index is 2.43. The van der Waals surface area contributed by atoms with E-state index >= 15 is 0 Å². The van der Waals surface area contributed by atoms with Crippen LogP contribution in [0, 0.1) is 12.8 Å². The molecule has 0 aliphatic heterocycles. The molecular weight excluding hydrogens is 202 g/mol. The maximum absolute atomic E-state index is 11.7. The summed E-state index contributed by atoms with van der Waals surface area (Å²) in [6, 6.07) is 3.94. The summed E-state index contributed by atoms with van der Waals surface area (Å²) in [7, 11) is 0. The second kappa shape index (κ2) is 4.04. The number of pyridine rings is 1. The fourth-order valence-electron chi connectivity index (χ4n) is 1.65. The summed E-state index contributed by atoms with van der Waals surface area (Å²) in [5.41, 5.74) is 2.81. The van der Waals surface area contributed by atoms with E-state index in [1.165, 1.54) is 6.33 Å². The third-order valence-corrected chi connectivity index (χ3v) is 2.60. The number of aryl methyl sites for hydroxylation is 1. The van der Waals surface area contributed by atoms with Gasteiger partial charge in [0.05, 0.1) is 5.69 Å². The number of nitrogens with zero attached hydrogens (tertiary/aromatic N) is 3. The van der Waals surface area contributed by atoms with Crippen molar-refractivity contribution in [3.05, 3.63) is 29.7 Å². The summed E-state index contributed by atoms with van der Waals surface area (Å²) in [4.78, 5) is 15.9. The fraction of sp³-hybridized carbons (Fsp3) is 0.417. The Morgan fingerprint density at radius 2 is 2.19 bits per heavy atom. The van der Waals surface area contributed by atoms with Crippen LogP contribution >= 0.6 is 0 Å². The SMILES string of the molecule is Cc1cc(CC(=O)C(C)C)n2ncnc2c1. The molecule has 0 bridgehead atoms. The molecule has 0 spiro atoms. The van der Waals surface area contributed by atoms with Crippen LogP contribution in [-0.2, 0) is 11.2 Å². The van der Waals surface area contributed by atoms with Crippen LogP contribution in [0.1, 0.15) is 25.1 Å². The van der Waals surface area contributed by atoms with Gasteiger partial charge in [-0.3, -0.25) is 4.79 Å². The number of hydrogen-bond donors (Lipinski definition) is 0. The fourth-order valence-corrected chi connectivity index (χ4v) is 1.65. The number of carbonyl (C=O) groups excluding carboxylic acids is 1. The molecule has 2 rings (SSSR count). The molecule has 0 aromatic carbocycles. The highest BCUT2D eigenvalue weighted by atomic mass is 16.1. The van der Waals surface area contributed by atoms with Crippen LogP contribution in [0.15, 0.2) is 18.5 Å². The summed E-state index contributed by atoms with van der Waals surface area (Å²) in [6.07, 6.45) is 1.93. The lowest BCUT2D eigenvalue weighted by Crippen LogP contribution is -2.13. The number of ketones is 1. The third-order valence-electron chi connectivity index (χ3n) is 2.60. The van der Waals surface area contributed by atoms with E-state index in [1.54, 1.807) is 4.52 Å². The first-order valence-corrected chi connectivity index (χ1v) is 5.40. The highest BCUT2D eigenvalue weighted by molar-refractivity contribution is 5.82. The monoisotopic (exact) mass is 217 g/mol. The van der Waals surface area contributed by atoms with E-state index in [4.69, 9.17) is 0 Å². The van der Waals surface area contributed by atoms with E-state index in [0.29, 0.717) is 6.42 Å². The number of fused-ring (bicyclic) bond motifs is 1. The maximum Gasteiger partial charge on any atom is 0.155 e. The van der Waals surface area contributed by atoms with Crippen LogP contribution in [0.5, 0.6) is 0 Å². The van der Waals surface area contributed by atoms with Crippen molar-refractivity contribution in [1.82, 2.24) is 14.6 Å². The molecule has 0 fully saturated rings. The zero-order chi connectivity index (χ0) is 11.7. The molecule has 2 heterocycles. The first-order chi connectivity index (χ1) is 7.58. The molecule has 0 aliphatic carbocycles. The standard InChI is InChI=1S/C12H15N3O/c1-8(2)11(16)6-10-4-9(3)5-12-13-7-14-15(10)12/h4-5,7-8H,6H2,1-3H3. The molecule has 0 saturated heterocycles. The van der Waals surface area contributed by atoms with Gasteiger partial charge in [-0.05, 0) is 24.6 Å². The lowest BCUT2D eigenvalue weighted by molar-refractivity contribution is -0.121. The lowest BCUT2D eigenvalue weighted by Gasteiger charge is -2.07. The second-order valence-electron chi connectivity index (χ2n) is 4.35. The van der Waals surface area contributed by atoms with E-state index in [-0.39, 0.29) is 11.7 Å². The third kappa shape index (κ3) is 1.96. The molecule has 16 heavy (non-hydrogen) atoms. The van der Waals surface area contributed by atoms with Crippen molar-refractivity contribution in [2.24, 2.45) is 5.92 Å². The molecule has 4 nitrogen and oxygen atoms in total. The van der Waals surface area contributed by atoms with Gasteiger partial charge in [0, 0.05) is 12.3 Å². The minimum atomic E-state index is 0.0547. The summed E-state index contributed by atoms with van der Waals surface area (Å²) < 4.78 is 1.73. The number of aromatic nitrogens is 3. The van der Waals surface area contributed by atoms with Gasteiger partial charge in [0.2, 0.25) is 0 Å². The normalized spacial score (nSPS) is 11.2. The largest absolute Gasteiger partial charge is 0.299 e. The molecular formula is C12H15N3O. The molecule has 2 aromatic rings. The van der Waals surface area contributed by atoms with Gasteiger partial charge >= 0.3 is 0 Å². The Morgan fingerprint density at radius 1 is 1.44 bits per heavy atom. The summed E-state index contributed by atoms with van der Waals surface area (Å²) >= 11 is 0. The van der Waals surface area contributed by atoms with Gasteiger partial charge in [-0.25, -0.2) is 9.50 Å². The van der Waals surface area contributed by atoms with E-state index in [0.717, 1.165) is 16.9 Å². The van der Waals surface area contributed by atoms with Gasteiger partial charge in [-0.2, -0.15) is 5.10 Å². The van der Waals surface area contributed by atoms with Crippen LogP contribution < -0.4 is 0 Å².